The van der Waals surface area contributed by atoms with Gasteiger partial charge in [-0.05, 0) is 19.1 Å². The third kappa shape index (κ3) is 2.42. The van der Waals surface area contributed by atoms with E-state index >= 15 is 0 Å². The third-order valence-corrected chi connectivity index (χ3v) is 2.42. The number of hydrogen-bond donors (Lipinski definition) is 2. The molecule has 2 N–H and O–H groups in total. The van der Waals surface area contributed by atoms with Gasteiger partial charge >= 0.3 is 0 Å². The maximum absolute atomic E-state index is 12.9. The molecule has 0 aliphatic rings. The SMILES string of the molecule is CC(O)Cc1c(Br)ccc(F)c1O. The second-order valence-electron chi connectivity index (χ2n) is 2.91. The Morgan fingerprint density at radius 2 is 2.15 bits per heavy atom. The third-order valence-electron chi connectivity index (χ3n) is 1.68. The van der Waals surface area contributed by atoms with Gasteiger partial charge in [0.05, 0.1) is 6.10 Å². The molecule has 0 bridgehead atoms. The molecule has 0 amide bonds. The number of halogens is 2. The fourth-order valence-corrected chi connectivity index (χ4v) is 1.55. The highest BCUT2D eigenvalue weighted by atomic mass is 79.9. The second-order valence-corrected chi connectivity index (χ2v) is 3.76. The Morgan fingerprint density at radius 3 is 2.69 bits per heavy atom. The first kappa shape index (κ1) is 10.5. The summed E-state index contributed by atoms with van der Waals surface area (Å²) >= 11 is 3.17. The lowest BCUT2D eigenvalue weighted by Crippen LogP contribution is -2.05. The van der Waals surface area contributed by atoms with Crippen molar-refractivity contribution in [2.75, 3.05) is 0 Å². The van der Waals surface area contributed by atoms with Crippen molar-refractivity contribution in [1.29, 1.82) is 0 Å². The number of benzene rings is 1. The van der Waals surface area contributed by atoms with Gasteiger partial charge in [0.1, 0.15) is 0 Å². The number of phenols is 1. The summed E-state index contributed by atoms with van der Waals surface area (Å²) in [5.74, 6) is -1.06. The molecular weight excluding hydrogens is 239 g/mol. The van der Waals surface area contributed by atoms with Crippen molar-refractivity contribution in [2.45, 2.75) is 19.4 Å². The van der Waals surface area contributed by atoms with Crippen LogP contribution in [0.3, 0.4) is 0 Å². The molecule has 0 fully saturated rings. The zero-order chi connectivity index (χ0) is 10.0. The first-order chi connectivity index (χ1) is 6.02. The number of phenolic OH excluding ortho intramolecular Hbond substituents is 1. The molecule has 1 aromatic carbocycles. The standard InChI is InChI=1S/C9H10BrFO2/c1-5(12)4-6-7(10)2-3-8(11)9(6)13/h2-3,5,12-13H,4H2,1H3. The van der Waals surface area contributed by atoms with Gasteiger partial charge in [-0.1, -0.05) is 15.9 Å². The molecule has 2 nitrogen and oxygen atoms in total. The van der Waals surface area contributed by atoms with E-state index in [4.69, 9.17) is 5.11 Å². The van der Waals surface area contributed by atoms with Crippen LogP contribution in [-0.2, 0) is 6.42 Å². The second kappa shape index (κ2) is 4.07. The Bertz CT molecular complexity index is 313. The van der Waals surface area contributed by atoms with E-state index in [1.807, 2.05) is 0 Å². The Labute approximate surface area is 84.1 Å². The van der Waals surface area contributed by atoms with Crippen LogP contribution >= 0.6 is 15.9 Å². The molecular formula is C9H10BrFO2. The van der Waals surface area contributed by atoms with Crippen LogP contribution in [0.4, 0.5) is 4.39 Å². The van der Waals surface area contributed by atoms with Crippen LogP contribution in [0.15, 0.2) is 16.6 Å². The molecule has 1 atom stereocenters. The lowest BCUT2D eigenvalue weighted by atomic mass is 10.1. The van der Waals surface area contributed by atoms with E-state index < -0.39 is 17.7 Å². The Balaban J connectivity index is 3.10. The maximum atomic E-state index is 12.9. The molecule has 0 aliphatic carbocycles. The Hall–Kier alpha value is -0.610. The highest BCUT2D eigenvalue weighted by Crippen LogP contribution is 2.29. The lowest BCUT2D eigenvalue weighted by Gasteiger charge is -2.09. The van der Waals surface area contributed by atoms with Crippen molar-refractivity contribution in [3.63, 3.8) is 0 Å². The topological polar surface area (TPSA) is 40.5 Å². The highest BCUT2D eigenvalue weighted by molar-refractivity contribution is 9.10. The van der Waals surface area contributed by atoms with E-state index in [-0.39, 0.29) is 6.42 Å². The van der Waals surface area contributed by atoms with Crippen molar-refractivity contribution >= 4 is 15.9 Å². The minimum Gasteiger partial charge on any atom is -0.505 e. The van der Waals surface area contributed by atoms with Gasteiger partial charge in [0.15, 0.2) is 11.6 Å². The molecule has 72 valence electrons. The van der Waals surface area contributed by atoms with E-state index in [0.717, 1.165) is 0 Å². The fraction of sp³-hybridized carbons (Fsp3) is 0.333. The van der Waals surface area contributed by atoms with Crippen LogP contribution in [0.2, 0.25) is 0 Å². The van der Waals surface area contributed by atoms with Crippen molar-refractivity contribution in [2.24, 2.45) is 0 Å². The number of hydrogen-bond acceptors (Lipinski definition) is 2. The predicted molar refractivity (Wildman–Crippen MR) is 51.1 cm³/mol. The summed E-state index contributed by atoms with van der Waals surface area (Å²) in [6.07, 6.45) is -0.381. The molecule has 0 saturated carbocycles. The van der Waals surface area contributed by atoms with Crippen molar-refractivity contribution < 1.29 is 14.6 Å². The molecule has 1 unspecified atom stereocenters. The van der Waals surface area contributed by atoms with Crippen LogP contribution in [0.5, 0.6) is 5.75 Å². The largest absolute Gasteiger partial charge is 0.505 e. The quantitative estimate of drug-likeness (QED) is 0.843. The highest BCUT2D eigenvalue weighted by Gasteiger charge is 2.12. The summed E-state index contributed by atoms with van der Waals surface area (Å²) in [5, 5.41) is 18.4. The summed E-state index contributed by atoms with van der Waals surface area (Å²) in [4.78, 5) is 0. The van der Waals surface area contributed by atoms with E-state index in [9.17, 15) is 9.50 Å². The smallest absolute Gasteiger partial charge is 0.165 e. The minimum atomic E-state index is -0.668. The lowest BCUT2D eigenvalue weighted by molar-refractivity contribution is 0.193. The van der Waals surface area contributed by atoms with Crippen LogP contribution in [0.25, 0.3) is 0 Å². The van der Waals surface area contributed by atoms with Crippen LogP contribution in [0, 0.1) is 5.82 Å². The molecule has 0 saturated heterocycles. The van der Waals surface area contributed by atoms with Gasteiger partial charge in [-0.15, -0.1) is 0 Å². The number of aliphatic hydroxyl groups is 1. The van der Waals surface area contributed by atoms with Crippen molar-refractivity contribution in [1.82, 2.24) is 0 Å². The molecule has 0 aromatic heterocycles. The Morgan fingerprint density at radius 1 is 1.54 bits per heavy atom. The zero-order valence-electron chi connectivity index (χ0n) is 7.09. The van der Waals surface area contributed by atoms with Crippen LogP contribution < -0.4 is 0 Å². The van der Waals surface area contributed by atoms with Gasteiger partial charge in [0.2, 0.25) is 0 Å². The molecule has 0 aliphatic heterocycles. The average Bonchev–Trinajstić information content (AvgIpc) is 2.05. The van der Waals surface area contributed by atoms with E-state index in [1.54, 1.807) is 6.92 Å². The van der Waals surface area contributed by atoms with E-state index in [2.05, 4.69) is 15.9 Å². The molecule has 0 radical (unpaired) electrons. The van der Waals surface area contributed by atoms with Gasteiger partial charge < -0.3 is 10.2 Å². The molecule has 13 heavy (non-hydrogen) atoms. The normalized spacial score (nSPS) is 12.9. The minimum absolute atomic E-state index is 0.226. The monoisotopic (exact) mass is 248 g/mol. The van der Waals surface area contributed by atoms with E-state index in [0.29, 0.717) is 10.0 Å². The zero-order valence-corrected chi connectivity index (χ0v) is 8.68. The average molecular weight is 249 g/mol. The maximum Gasteiger partial charge on any atom is 0.165 e. The van der Waals surface area contributed by atoms with Gasteiger partial charge in [-0.25, -0.2) is 4.39 Å². The van der Waals surface area contributed by atoms with Crippen molar-refractivity contribution in [3.05, 3.63) is 28.0 Å². The number of aromatic hydroxyl groups is 1. The fourth-order valence-electron chi connectivity index (χ4n) is 1.07. The van der Waals surface area contributed by atoms with Gasteiger partial charge in [0, 0.05) is 16.5 Å². The summed E-state index contributed by atoms with van der Waals surface area (Å²) in [5.41, 5.74) is 0.398. The molecule has 4 heteroatoms. The Kier molecular flexibility index (Phi) is 3.27. The van der Waals surface area contributed by atoms with Gasteiger partial charge in [0.25, 0.3) is 0 Å². The number of rotatable bonds is 2. The number of aliphatic hydroxyl groups excluding tert-OH is 1. The molecule has 0 heterocycles. The summed E-state index contributed by atoms with van der Waals surface area (Å²) in [7, 11) is 0. The molecule has 1 aromatic rings. The van der Waals surface area contributed by atoms with E-state index in [1.165, 1.54) is 12.1 Å². The predicted octanol–water partition coefficient (Wildman–Crippen LogP) is 2.22. The summed E-state index contributed by atoms with van der Waals surface area (Å²) < 4.78 is 13.5. The molecule has 1 rings (SSSR count). The first-order valence-electron chi connectivity index (χ1n) is 3.86. The first-order valence-corrected chi connectivity index (χ1v) is 4.65. The van der Waals surface area contributed by atoms with Crippen LogP contribution in [-0.4, -0.2) is 16.3 Å². The molecule has 0 spiro atoms. The van der Waals surface area contributed by atoms with Gasteiger partial charge in [-0.3, -0.25) is 0 Å². The summed E-state index contributed by atoms with van der Waals surface area (Å²) in [6, 6.07) is 2.68. The summed E-state index contributed by atoms with van der Waals surface area (Å²) in [6.45, 7) is 1.58. The van der Waals surface area contributed by atoms with Crippen molar-refractivity contribution in [3.8, 4) is 5.75 Å². The van der Waals surface area contributed by atoms with Gasteiger partial charge in [-0.2, -0.15) is 0 Å². The van der Waals surface area contributed by atoms with Crippen LogP contribution in [0.1, 0.15) is 12.5 Å².